The Labute approximate surface area is 311 Å². The number of esters is 2. The average molecular weight is 740 g/mol. The number of carbonyl (C=O) groups excluding carboxylic acids is 2. The van der Waals surface area contributed by atoms with Crippen molar-refractivity contribution in [3.63, 3.8) is 0 Å². The molecule has 0 saturated carbocycles. The molecular formula is C41H74NO8P. The van der Waals surface area contributed by atoms with Gasteiger partial charge in [0, 0.05) is 19.4 Å². The van der Waals surface area contributed by atoms with Crippen LogP contribution in [0.25, 0.3) is 0 Å². The number of carbonyl (C=O) groups is 2. The quantitative estimate of drug-likeness (QED) is 0.0276. The average Bonchev–Trinajstić information content (AvgIpc) is 3.11. The third-order valence-electron chi connectivity index (χ3n) is 8.32. The van der Waals surface area contributed by atoms with Crippen LogP contribution in [-0.2, 0) is 32.7 Å². The second kappa shape index (κ2) is 37.7. The Bertz CT molecular complexity index is 981. The summed E-state index contributed by atoms with van der Waals surface area (Å²) in [6.45, 7) is 3.56. The van der Waals surface area contributed by atoms with E-state index in [-0.39, 0.29) is 32.6 Å². The van der Waals surface area contributed by atoms with Crippen LogP contribution in [0.15, 0.2) is 48.6 Å². The van der Waals surface area contributed by atoms with Crippen LogP contribution in [0.4, 0.5) is 0 Å². The third kappa shape index (κ3) is 37.5. The van der Waals surface area contributed by atoms with Crippen LogP contribution in [0.2, 0.25) is 0 Å². The molecule has 2 atom stereocenters. The third-order valence-corrected chi connectivity index (χ3v) is 9.31. The van der Waals surface area contributed by atoms with Crippen molar-refractivity contribution < 1.29 is 37.6 Å². The summed E-state index contributed by atoms with van der Waals surface area (Å²) in [6.07, 6.45) is 41.3. The number of allylic oxidation sites excluding steroid dienone is 8. The van der Waals surface area contributed by atoms with E-state index < -0.39 is 32.5 Å². The summed E-state index contributed by atoms with van der Waals surface area (Å²) in [5.41, 5.74) is 5.34. The van der Waals surface area contributed by atoms with Crippen LogP contribution in [0.1, 0.15) is 168 Å². The Morgan fingerprint density at radius 1 is 0.608 bits per heavy atom. The minimum atomic E-state index is -4.38. The maximum Gasteiger partial charge on any atom is 0.472 e. The molecule has 10 heteroatoms. The normalized spacial score (nSPS) is 13.9. The molecule has 0 aromatic rings. The second-order valence-corrected chi connectivity index (χ2v) is 14.7. The first-order valence-corrected chi connectivity index (χ1v) is 21.7. The van der Waals surface area contributed by atoms with Crippen LogP contribution < -0.4 is 5.73 Å². The molecule has 296 valence electrons. The van der Waals surface area contributed by atoms with Gasteiger partial charge in [-0.15, -0.1) is 0 Å². The summed E-state index contributed by atoms with van der Waals surface area (Å²) >= 11 is 0. The second-order valence-electron chi connectivity index (χ2n) is 13.2. The first-order chi connectivity index (χ1) is 24.8. The summed E-state index contributed by atoms with van der Waals surface area (Å²) in [7, 11) is -4.38. The van der Waals surface area contributed by atoms with Crippen molar-refractivity contribution in [3.05, 3.63) is 48.6 Å². The fourth-order valence-corrected chi connectivity index (χ4v) is 6.12. The number of unbranched alkanes of at least 4 members (excludes halogenated alkanes) is 19. The zero-order valence-electron chi connectivity index (χ0n) is 32.3. The summed E-state index contributed by atoms with van der Waals surface area (Å²) < 4.78 is 32.7. The van der Waals surface area contributed by atoms with E-state index in [1.54, 1.807) is 0 Å². The van der Waals surface area contributed by atoms with Gasteiger partial charge in [-0.1, -0.05) is 172 Å². The molecule has 0 fully saturated rings. The van der Waals surface area contributed by atoms with E-state index in [1.807, 2.05) is 30.4 Å². The fraction of sp³-hybridized carbons (Fsp3) is 0.756. The maximum absolute atomic E-state index is 12.5. The molecule has 0 amide bonds. The number of phosphoric ester groups is 1. The molecule has 1 unspecified atom stereocenters. The monoisotopic (exact) mass is 740 g/mol. The highest BCUT2D eigenvalue weighted by Crippen LogP contribution is 2.43. The van der Waals surface area contributed by atoms with Crippen molar-refractivity contribution in [3.8, 4) is 0 Å². The molecule has 9 nitrogen and oxygen atoms in total. The molecule has 0 aromatic heterocycles. The molecule has 0 aliphatic rings. The number of hydrogen-bond donors (Lipinski definition) is 2. The van der Waals surface area contributed by atoms with Gasteiger partial charge in [0.25, 0.3) is 0 Å². The van der Waals surface area contributed by atoms with Crippen molar-refractivity contribution in [1.29, 1.82) is 0 Å². The van der Waals surface area contributed by atoms with Crippen LogP contribution in [0.3, 0.4) is 0 Å². The Morgan fingerprint density at radius 3 is 1.61 bits per heavy atom. The molecular weight excluding hydrogens is 665 g/mol. The number of rotatable bonds is 37. The molecule has 0 aromatic carbocycles. The Morgan fingerprint density at radius 2 is 1.08 bits per heavy atom. The largest absolute Gasteiger partial charge is 0.472 e. The SMILES string of the molecule is CC/C=C/C=C/C=C/C=C/CCCCCCCC(=O)OC[C@H](COP(=O)(O)OCCN)OC(=O)CCCCCCCCCCCCCCCCC. The van der Waals surface area contributed by atoms with Crippen LogP contribution in [0.5, 0.6) is 0 Å². The van der Waals surface area contributed by atoms with E-state index in [1.165, 1.54) is 70.6 Å². The molecule has 0 rings (SSSR count). The first-order valence-electron chi connectivity index (χ1n) is 20.2. The standard InChI is InChI=1S/C41H74NO8P/c1-3-5-7-9-11-13-15-17-19-21-23-25-27-29-31-33-40(43)47-37-39(38-49-51(45,46)48-36-35-42)50-41(44)34-32-30-28-26-24-22-20-18-16-14-12-10-8-6-4-2/h5,7,9,11,13,15,17,19,39H,3-4,6,8,10,12,14,16,18,20-38,42H2,1-2H3,(H,45,46)/b7-5+,11-9+,15-13+,19-17+/t39-/m1/s1. The topological polar surface area (TPSA) is 134 Å². The number of phosphoric acid groups is 1. The minimum absolute atomic E-state index is 0.0491. The molecule has 0 spiro atoms. The fourth-order valence-electron chi connectivity index (χ4n) is 5.35. The van der Waals surface area contributed by atoms with Crippen LogP contribution in [-0.4, -0.2) is 49.3 Å². The lowest BCUT2D eigenvalue weighted by atomic mass is 10.0. The summed E-state index contributed by atoms with van der Waals surface area (Å²) in [6, 6.07) is 0. The highest BCUT2D eigenvalue weighted by Gasteiger charge is 2.25. The van der Waals surface area contributed by atoms with Crippen molar-refractivity contribution in [1.82, 2.24) is 0 Å². The van der Waals surface area contributed by atoms with E-state index in [0.717, 1.165) is 57.8 Å². The van der Waals surface area contributed by atoms with Gasteiger partial charge in [0.05, 0.1) is 13.2 Å². The minimum Gasteiger partial charge on any atom is -0.462 e. The van der Waals surface area contributed by atoms with Gasteiger partial charge in [0.15, 0.2) is 6.10 Å². The van der Waals surface area contributed by atoms with Gasteiger partial charge < -0.3 is 20.1 Å². The van der Waals surface area contributed by atoms with Gasteiger partial charge in [0.1, 0.15) is 6.61 Å². The Kier molecular flexibility index (Phi) is 36.2. The van der Waals surface area contributed by atoms with Gasteiger partial charge in [0.2, 0.25) is 0 Å². The van der Waals surface area contributed by atoms with Crippen molar-refractivity contribution in [2.24, 2.45) is 5.73 Å². The van der Waals surface area contributed by atoms with Crippen LogP contribution in [0, 0.1) is 0 Å². The lowest BCUT2D eigenvalue weighted by molar-refractivity contribution is -0.161. The summed E-state index contributed by atoms with van der Waals surface area (Å²) in [4.78, 5) is 34.8. The summed E-state index contributed by atoms with van der Waals surface area (Å²) in [5.74, 6) is -0.855. The van der Waals surface area contributed by atoms with Crippen molar-refractivity contribution in [2.45, 2.75) is 174 Å². The van der Waals surface area contributed by atoms with Gasteiger partial charge >= 0.3 is 19.8 Å². The maximum atomic E-state index is 12.5. The lowest BCUT2D eigenvalue weighted by Crippen LogP contribution is -2.29. The van der Waals surface area contributed by atoms with Crippen LogP contribution >= 0.6 is 7.82 Å². The molecule has 3 N–H and O–H groups in total. The molecule has 0 heterocycles. The predicted octanol–water partition coefficient (Wildman–Crippen LogP) is 11.2. The molecule has 0 bridgehead atoms. The Balaban J connectivity index is 4.23. The van der Waals surface area contributed by atoms with E-state index in [2.05, 4.69) is 32.1 Å². The zero-order valence-corrected chi connectivity index (χ0v) is 33.2. The van der Waals surface area contributed by atoms with Gasteiger partial charge in [-0.25, -0.2) is 4.57 Å². The van der Waals surface area contributed by atoms with Crippen molar-refractivity contribution in [2.75, 3.05) is 26.4 Å². The van der Waals surface area contributed by atoms with Crippen molar-refractivity contribution >= 4 is 19.8 Å². The predicted molar refractivity (Wildman–Crippen MR) is 210 cm³/mol. The lowest BCUT2D eigenvalue weighted by Gasteiger charge is -2.19. The van der Waals surface area contributed by atoms with Gasteiger partial charge in [-0.05, 0) is 32.1 Å². The Hall–Kier alpha value is -2.03. The van der Waals surface area contributed by atoms with E-state index in [0.29, 0.717) is 12.8 Å². The van der Waals surface area contributed by atoms with E-state index >= 15 is 0 Å². The zero-order chi connectivity index (χ0) is 37.5. The highest BCUT2D eigenvalue weighted by molar-refractivity contribution is 7.47. The molecule has 51 heavy (non-hydrogen) atoms. The number of ether oxygens (including phenoxy) is 2. The molecule has 0 aliphatic carbocycles. The number of hydrogen-bond acceptors (Lipinski definition) is 8. The van der Waals surface area contributed by atoms with Gasteiger partial charge in [-0.2, -0.15) is 0 Å². The van der Waals surface area contributed by atoms with Gasteiger partial charge in [-0.3, -0.25) is 18.6 Å². The highest BCUT2D eigenvalue weighted by atomic mass is 31.2. The smallest absolute Gasteiger partial charge is 0.462 e. The molecule has 0 saturated heterocycles. The summed E-state index contributed by atoms with van der Waals surface area (Å²) in [5, 5.41) is 0. The van der Waals surface area contributed by atoms with E-state index in [4.69, 9.17) is 24.3 Å². The van der Waals surface area contributed by atoms with E-state index in [9.17, 15) is 19.0 Å². The molecule has 0 radical (unpaired) electrons. The number of nitrogens with two attached hydrogens (primary N) is 1. The molecule has 0 aliphatic heterocycles. The first kappa shape index (κ1) is 49.0.